The number of carbonyl (C=O) groups excluding carboxylic acids is 1. The van der Waals surface area contributed by atoms with E-state index >= 15 is 0 Å². The van der Waals surface area contributed by atoms with Gasteiger partial charge >= 0.3 is 0 Å². The average molecular weight is 314 g/mol. The molecule has 112 valence electrons. The number of benzene rings is 1. The highest BCUT2D eigenvalue weighted by Crippen LogP contribution is 2.30. The average Bonchev–Trinajstić information content (AvgIpc) is 3.02. The second-order valence-electron chi connectivity index (χ2n) is 5.22. The molecule has 1 N–H and O–H groups in total. The molecule has 1 aromatic heterocycles. The van der Waals surface area contributed by atoms with E-state index in [0.717, 1.165) is 30.7 Å². The Bertz CT molecular complexity index is 700. The zero-order valence-corrected chi connectivity index (χ0v) is 12.8. The first-order valence-corrected chi connectivity index (χ1v) is 7.66. The molecule has 0 spiro atoms. The van der Waals surface area contributed by atoms with Crippen LogP contribution in [0.4, 0.5) is 0 Å². The van der Waals surface area contributed by atoms with Crippen LogP contribution >= 0.6 is 11.6 Å². The SMILES string of the molecule is O=C(N/N=C1\CCCC1c1ccccn1)c1ccccc1Cl. The maximum atomic E-state index is 12.1. The van der Waals surface area contributed by atoms with Crippen LogP contribution in [0.3, 0.4) is 0 Å². The Morgan fingerprint density at radius 1 is 1.23 bits per heavy atom. The number of amides is 1. The van der Waals surface area contributed by atoms with E-state index in [0.29, 0.717) is 10.6 Å². The summed E-state index contributed by atoms with van der Waals surface area (Å²) in [4.78, 5) is 16.5. The highest BCUT2D eigenvalue weighted by atomic mass is 35.5. The maximum Gasteiger partial charge on any atom is 0.272 e. The van der Waals surface area contributed by atoms with Crippen LogP contribution in [-0.4, -0.2) is 16.6 Å². The zero-order valence-electron chi connectivity index (χ0n) is 12.0. The molecule has 3 rings (SSSR count). The smallest absolute Gasteiger partial charge is 0.267 e. The first kappa shape index (κ1) is 14.7. The summed E-state index contributed by atoms with van der Waals surface area (Å²) in [5.74, 6) is -0.0995. The minimum absolute atomic E-state index is 0.188. The Labute approximate surface area is 134 Å². The first-order valence-electron chi connectivity index (χ1n) is 7.28. The second kappa shape index (κ2) is 6.71. The van der Waals surface area contributed by atoms with Gasteiger partial charge in [-0.1, -0.05) is 29.8 Å². The molecule has 1 heterocycles. The van der Waals surface area contributed by atoms with E-state index in [-0.39, 0.29) is 11.8 Å². The Balaban J connectivity index is 1.75. The third kappa shape index (κ3) is 3.17. The van der Waals surface area contributed by atoms with Gasteiger partial charge in [-0.2, -0.15) is 5.10 Å². The van der Waals surface area contributed by atoms with Crippen LogP contribution in [0.5, 0.6) is 0 Å². The topological polar surface area (TPSA) is 54.4 Å². The van der Waals surface area contributed by atoms with Gasteiger partial charge in [-0.3, -0.25) is 9.78 Å². The summed E-state index contributed by atoms with van der Waals surface area (Å²) in [5, 5.41) is 4.74. The highest BCUT2D eigenvalue weighted by Gasteiger charge is 2.25. The molecule has 4 nitrogen and oxygen atoms in total. The molecule has 22 heavy (non-hydrogen) atoms. The van der Waals surface area contributed by atoms with Crippen LogP contribution in [-0.2, 0) is 0 Å². The van der Waals surface area contributed by atoms with Crippen molar-refractivity contribution >= 4 is 23.2 Å². The Hall–Kier alpha value is -2.20. The number of hydrogen-bond acceptors (Lipinski definition) is 3. The number of nitrogens with zero attached hydrogens (tertiary/aromatic N) is 2. The van der Waals surface area contributed by atoms with Crippen molar-refractivity contribution in [2.24, 2.45) is 5.10 Å². The third-order valence-corrected chi connectivity index (χ3v) is 4.12. The number of hydrazone groups is 1. The van der Waals surface area contributed by atoms with Crippen molar-refractivity contribution in [1.82, 2.24) is 10.4 Å². The van der Waals surface area contributed by atoms with Gasteiger partial charge in [0.25, 0.3) is 5.91 Å². The Kier molecular flexibility index (Phi) is 4.49. The van der Waals surface area contributed by atoms with Crippen LogP contribution in [0.15, 0.2) is 53.8 Å². The molecule has 1 saturated carbocycles. The number of halogens is 1. The number of nitrogens with one attached hydrogen (secondary N) is 1. The van der Waals surface area contributed by atoms with E-state index in [2.05, 4.69) is 15.5 Å². The van der Waals surface area contributed by atoms with Crippen molar-refractivity contribution in [3.05, 3.63) is 64.9 Å². The van der Waals surface area contributed by atoms with Gasteiger partial charge in [0.1, 0.15) is 0 Å². The fraction of sp³-hybridized carbons (Fsp3) is 0.235. The summed E-state index contributed by atoms with van der Waals surface area (Å²) in [5.41, 5.74) is 5.03. The number of aromatic nitrogens is 1. The standard InChI is InChI=1S/C17H16ClN3O/c18-14-8-2-1-6-12(14)17(22)21-20-16-10-5-7-13(16)15-9-3-4-11-19-15/h1-4,6,8-9,11,13H,5,7,10H2,(H,21,22)/b20-16+. The van der Waals surface area contributed by atoms with Crippen LogP contribution in [0.25, 0.3) is 0 Å². The molecule has 0 bridgehead atoms. The fourth-order valence-electron chi connectivity index (χ4n) is 2.69. The molecular formula is C17H16ClN3O. The van der Waals surface area contributed by atoms with Crippen LogP contribution < -0.4 is 5.43 Å². The molecular weight excluding hydrogens is 298 g/mol. The lowest BCUT2D eigenvalue weighted by molar-refractivity contribution is 0.0955. The Morgan fingerprint density at radius 3 is 2.82 bits per heavy atom. The summed E-state index contributed by atoms with van der Waals surface area (Å²) < 4.78 is 0. The van der Waals surface area contributed by atoms with E-state index in [1.807, 2.05) is 18.2 Å². The Morgan fingerprint density at radius 2 is 2.05 bits per heavy atom. The lowest BCUT2D eigenvalue weighted by Crippen LogP contribution is -2.21. The molecule has 1 aliphatic rings. The van der Waals surface area contributed by atoms with E-state index < -0.39 is 0 Å². The molecule has 1 fully saturated rings. The van der Waals surface area contributed by atoms with Gasteiger partial charge in [0.15, 0.2) is 0 Å². The summed E-state index contributed by atoms with van der Waals surface area (Å²) >= 11 is 6.02. The van der Waals surface area contributed by atoms with Gasteiger partial charge in [-0.25, -0.2) is 5.43 Å². The normalized spacial score (nSPS) is 19.3. The van der Waals surface area contributed by atoms with Crippen molar-refractivity contribution in [3.8, 4) is 0 Å². The van der Waals surface area contributed by atoms with Crippen molar-refractivity contribution in [3.63, 3.8) is 0 Å². The molecule has 1 aromatic carbocycles. The van der Waals surface area contributed by atoms with Crippen LogP contribution in [0.2, 0.25) is 5.02 Å². The summed E-state index contributed by atoms with van der Waals surface area (Å²) in [6.07, 6.45) is 4.73. The van der Waals surface area contributed by atoms with E-state index in [4.69, 9.17) is 11.6 Å². The van der Waals surface area contributed by atoms with E-state index in [1.54, 1.807) is 30.5 Å². The molecule has 0 saturated heterocycles. The van der Waals surface area contributed by atoms with Crippen molar-refractivity contribution < 1.29 is 4.79 Å². The lowest BCUT2D eigenvalue weighted by Gasteiger charge is -2.10. The zero-order chi connectivity index (χ0) is 15.4. The van der Waals surface area contributed by atoms with Gasteiger partial charge < -0.3 is 0 Å². The predicted molar refractivity (Wildman–Crippen MR) is 87.2 cm³/mol. The first-order chi connectivity index (χ1) is 10.8. The monoisotopic (exact) mass is 313 g/mol. The van der Waals surface area contributed by atoms with Gasteiger partial charge in [-0.05, 0) is 43.5 Å². The second-order valence-corrected chi connectivity index (χ2v) is 5.63. The summed E-state index contributed by atoms with van der Waals surface area (Å²) in [6, 6.07) is 12.8. The van der Waals surface area contributed by atoms with Gasteiger partial charge in [0.05, 0.1) is 10.6 Å². The summed E-state index contributed by atoms with van der Waals surface area (Å²) in [6.45, 7) is 0. The van der Waals surface area contributed by atoms with Crippen molar-refractivity contribution in [2.75, 3.05) is 0 Å². The molecule has 1 amide bonds. The molecule has 1 aliphatic carbocycles. The number of hydrogen-bond donors (Lipinski definition) is 1. The van der Waals surface area contributed by atoms with Crippen LogP contribution in [0.1, 0.15) is 41.2 Å². The molecule has 0 radical (unpaired) electrons. The molecule has 0 aliphatic heterocycles. The van der Waals surface area contributed by atoms with Gasteiger partial charge in [-0.15, -0.1) is 0 Å². The van der Waals surface area contributed by atoms with Crippen molar-refractivity contribution in [1.29, 1.82) is 0 Å². The number of pyridine rings is 1. The molecule has 5 heteroatoms. The van der Waals surface area contributed by atoms with Gasteiger partial charge in [0, 0.05) is 23.5 Å². The van der Waals surface area contributed by atoms with E-state index in [9.17, 15) is 4.79 Å². The largest absolute Gasteiger partial charge is 0.272 e. The predicted octanol–water partition coefficient (Wildman–Crippen LogP) is 3.79. The van der Waals surface area contributed by atoms with Crippen LogP contribution in [0, 0.1) is 0 Å². The minimum atomic E-state index is -0.287. The van der Waals surface area contributed by atoms with E-state index in [1.165, 1.54) is 0 Å². The summed E-state index contributed by atoms with van der Waals surface area (Å²) in [7, 11) is 0. The highest BCUT2D eigenvalue weighted by molar-refractivity contribution is 6.33. The van der Waals surface area contributed by atoms with Crippen molar-refractivity contribution in [2.45, 2.75) is 25.2 Å². The number of carbonyl (C=O) groups is 1. The van der Waals surface area contributed by atoms with Gasteiger partial charge in [0.2, 0.25) is 0 Å². The quantitative estimate of drug-likeness (QED) is 0.877. The minimum Gasteiger partial charge on any atom is -0.267 e. The molecule has 2 aromatic rings. The number of rotatable bonds is 3. The fourth-order valence-corrected chi connectivity index (χ4v) is 2.91. The maximum absolute atomic E-state index is 12.1. The molecule has 1 unspecified atom stereocenters. The third-order valence-electron chi connectivity index (χ3n) is 3.79. The lowest BCUT2D eigenvalue weighted by atomic mass is 10.0. The molecule has 1 atom stereocenters.